The van der Waals surface area contributed by atoms with Crippen LogP contribution in [-0.2, 0) is 6.61 Å². The van der Waals surface area contributed by atoms with E-state index in [1.165, 1.54) is 11.3 Å². The summed E-state index contributed by atoms with van der Waals surface area (Å²) in [6.07, 6.45) is 0. The van der Waals surface area contributed by atoms with Crippen molar-refractivity contribution in [2.45, 2.75) is 6.61 Å². The summed E-state index contributed by atoms with van der Waals surface area (Å²) < 4.78 is 1.10. The number of thiazole rings is 1. The summed E-state index contributed by atoms with van der Waals surface area (Å²) in [6, 6.07) is 5.85. The first-order chi connectivity index (χ1) is 5.79. The van der Waals surface area contributed by atoms with Gasteiger partial charge in [-0.2, -0.15) is 0 Å². The first kappa shape index (κ1) is 7.71. The maximum atomic E-state index is 8.84. The Balaban J connectivity index is 2.67. The standard InChI is InChI=1S/C9H8NOS/c1-6-2-3-8-7(4-6)10-9(5-11)12-8/h2-4,11H,1,5H2. The first-order valence-corrected chi connectivity index (χ1v) is 4.43. The Morgan fingerprint density at radius 2 is 2.33 bits per heavy atom. The van der Waals surface area contributed by atoms with E-state index >= 15 is 0 Å². The average molecular weight is 178 g/mol. The Morgan fingerprint density at radius 3 is 3.08 bits per heavy atom. The minimum Gasteiger partial charge on any atom is -0.389 e. The molecule has 2 nitrogen and oxygen atoms in total. The molecule has 12 heavy (non-hydrogen) atoms. The second kappa shape index (κ2) is 2.84. The smallest absolute Gasteiger partial charge is 0.119 e. The molecule has 2 aromatic rings. The highest BCUT2D eigenvalue weighted by molar-refractivity contribution is 7.18. The van der Waals surface area contributed by atoms with Gasteiger partial charge in [-0.3, -0.25) is 0 Å². The largest absolute Gasteiger partial charge is 0.389 e. The molecular formula is C9H8NOS. The monoisotopic (exact) mass is 178 g/mol. The molecule has 0 aliphatic carbocycles. The molecule has 0 bridgehead atoms. The molecule has 0 saturated heterocycles. The molecule has 0 fully saturated rings. The lowest BCUT2D eigenvalue weighted by Gasteiger charge is -1.88. The van der Waals surface area contributed by atoms with E-state index in [-0.39, 0.29) is 6.61 Å². The van der Waals surface area contributed by atoms with Crippen molar-refractivity contribution >= 4 is 21.6 Å². The second-order valence-electron chi connectivity index (χ2n) is 2.57. The molecule has 0 aliphatic heterocycles. The lowest BCUT2D eigenvalue weighted by Crippen LogP contribution is -1.77. The first-order valence-electron chi connectivity index (χ1n) is 3.62. The van der Waals surface area contributed by atoms with Gasteiger partial charge < -0.3 is 5.11 Å². The van der Waals surface area contributed by atoms with Gasteiger partial charge in [0.25, 0.3) is 0 Å². The predicted molar refractivity (Wildman–Crippen MR) is 50.0 cm³/mol. The van der Waals surface area contributed by atoms with E-state index in [1.807, 2.05) is 18.2 Å². The molecular weight excluding hydrogens is 170 g/mol. The molecule has 0 amide bonds. The number of rotatable bonds is 1. The fourth-order valence-electron chi connectivity index (χ4n) is 1.09. The molecule has 2 rings (SSSR count). The van der Waals surface area contributed by atoms with E-state index in [1.54, 1.807) is 0 Å². The van der Waals surface area contributed by atoms with Crippen LogP contribution in [0, 0.1) is 6.92 Å². The molecule has 0 atom stereocenters. The zero-order chi connectivity index (χ0) is 8.55. The zero-order valence-electron chi connectivity index (χ0n) is 6.45. The van der Waals surface area contributed by atoms with Crippen molar-refractivity contribution in [3.63, 3.8) is 0 Å². The summed E-state index contributed by atoms with van der Waals surface area (Å²) in [7, 11) is 0. The highest BCUT2D eigenvalue weighted by Gasteiger charge is 2.01. The van der Waals surface area contributed by atoms with Crippen molar-refractivity contribution in [2.24, 2.45) is 0 Å². The number of nitrogens with zero attached hydrogens (tertiary/aromatic N) is 1. The number of hydrogen-bond acceptors (Lipinski definition) is 3. The summed E-state index contributed by atoms with van der Waals surface area (Å²) in [5, 5.41) is 9.60. The topological polar surface area (TPSA) is 33.1 Å². The van der Waals surface area contributed by atoms with Crippen LogP contribution >= 0.6 is 11.3 Å². The third-order valence-electron chi connectivity index (χ3n) is 1.63. The maximum absolute atomic E-state index is 8.84. The van der Waals surface area contributed by atoms with Gasteiger partial charge in [0.15, 0.2) is 0 Å². The van der Waals surface area contributed by atoms with Gasteiger partial charge in [0.1, 0.15) is 5.01 Å². The normalized spacial score (nSPS) is 10.8. The van der Waals surface area contributed by atoms with Gasteiger partial charge in [-0.25, -0.2) is 4.98 Å². The Bertz CT molecular complexity index is 408. The van der Waals surface area contributed by atoms with Crippen LogP contribution in [-0.4, -0.2) is 10.1 Å². The fourth-order valence-corrected chi connectivity index (χ4v) is 1.90. The van der Waals surface area contributed by atoms with Crippen molar-refractivity contribution in [1.29, 1.82) is 0 Å². The number of aliphatic hydroxyl groups excluding tert-OH is 1. The van der Waals surface area contributed by atoms with Gasteiger partial charge in [-0.1, -0.05) is 6.07 Å². The van der Waals surface area contributed by atoms with E-state index in [0.29, 0.717) is 0 Å². The van der Waals surface area contributed by atoms with Crippen molar-refractivity contribution in [3.05, 3.63) is 35.7 Å². The van der Waals surface area contributed by atoms with Gasteiger partial charge in [0, 0.05) is 0 Å². The predicted octanol–water partition coefficient (Wildman–Crippen LogP) is 1.97. The lowest BCUT2D eigenvalue weighted by molar-refractivity contribution is 0.281. The van der Waals surface area contributed by atoms with Gasteiger partial charge in [-0.15, -0.1) is 11.3 Å². The molecule has 61 valence electrons. The van der Waals surface area contributed by atoms with Crippen molar-refractivity contribution in [1.82, 2.24) is 4.98 Å². The zero-order valence-corrected chi connectivity index (χ0v) is 7.27. The van der Waals surface area contributed by atoms with Crippen LogP contribution in [0.5, 0.6) is 0 Å². The van der Waals surface area contributed by atoms with Crippen LogP contribution in [0.2, 0.25) is 0 Å². The average Bonchev–Trinajstić information content (AvgIpc) is 2.46. The number of aromatic nitrogens is 1. The Labute approximate surface area is 74.5 Å². The molecule has 0 unspecified atom stereocenters. The summed E-state index contributed by atoms with van der Waals surface area (Å²) in [6.45, 7) is 3.83. The van der Waals surface area contributed by atoms with Crippen LogP contribution in [0.15, 0.2) is 18.2 Å². The van der Waals surface area contributed by atoms with Crippen molar-refractivity contribution in [3.8, 4) is 0 Å². The summed E-state index contributed by atoms with van der Waals surface area (Å²) in [5.41, 5.74) is 1.88. The lowest BCUT2D eigenvalue weighted by atomic mass is 10.2. The summed E-state index contributed by atoms with van der Waals surface area (Å²) in [4.78, 5) is 4.22. The molecule has 0 spiro atoms. The SMILES string of the molecule is [CH2]c1ccc2sc(CO)nc2c1. The van der Waals surface area contributed by atoms with Crippen LogP contribution in [0.3, 0.4) is 0 Å². The van der Waals surface area contributed by atoms with E-state index in [4.69, 9.17) is 5.11 Å². The van der Waals surface area contributed by atoms with E-state index in [9.17, 15) is 0 Å². The Hall–Kier alpha value is -0.930. The van der Waals surface area contributed by atoms with Gasteiger partial charge in [0.2, 0.25) is 0 Å². The number of fused-ring (bicyclic) bond motifs is 1. The van der Waals surface area contributed by atoms with Crippen LogP contribution in [0.25, 0.3) is 10.2 Å². The molecule has 1 aromatic heterocycles. The molecule has 1 radical (unpaired) electrons. The van der Waals surface area contributed by atoms with E-state index < -0.39 is 0 Å². The number of aliphatic hydroxyl groups is 1. The maximum Gasteiger partial charge on any atom is 0.119 e. The van der Waals surface area contributed by atoms with Crippen LogP contribution in [0.4, 0.5) is 0 Å². The molecule has 1 heterocycles. The van der Waals surface area contributed by atoms with Crippen molar-refractivity contribution in [2.75, 3.05) is 0 Å². The molecule has 0 aliphatic rings. The third kappa shape index (κ3) is 1.21. The quantitative estimate of drug-likeness (QED) is 0.724. The second-order valence-corrected chi connectivity index (χ2v) is 3.68. The van der Waals surface area contributed by atoms with Gasteiger partial charge in [0.05, 0.1) is 16.8 Å². The highest BCUT2D eigenvalue weighted by atomic mass is 32.1. The van der Waals surface area contributed by atoms with Crippen LogP contribution in [0.1, 0.15) is 10.6 Å². The minimum absolute atomic E-state index is 0.0197. The molecule has 1 aromatic carbocycles. The third-order valence-corrected chi connectivity index (χ3v) is 2.65. The van der Waals surface area contributed by atoms with Crippen molar-refractivity contribution < 1.29 is 5.11 Å². The molecule has 3 heteroatoms. The molecule has 1 N–H and O–H groups in total. The Kier molecular flexibility index (Phi) is 1.83. The minimum atomic E-state index is 0.0197. The Morgan fingerprint density at radius 1 is 1.50 bits per heavy atom. The molecule has 0 saturated carbocycles. The highest BCUT2D eigenvalue weighted by Crippen LogP contribution is 2.22. The van der Waals surface area contributed by atoms with Gasteiger partial charge >= 0.3 is 0 Å². The number of benzene rings is 1. The van der Waals surface area contributed by atoms with Gasteiger partial charge in [-0.05, 0) is 24.6 Å². The fraction of sp³-hybridized carbons (Fsp3) is 0.111. The summed E-state index contributed by atoms with van der Waals surface area (Å²) >= 11 is 1.52. The summed E-state index contributed by atoms with van der Waals surface area (Å²) in [5.74, 6) is 0. The van der Waals surface area contributed by atoms with E-state index in [2.05, 4.69) is 11.9 Å². The van der Waals surface area contributed by atoms with E-state index in [0.717, 1.165) is 20.8 Å². The number of hydrogen-bond donors (Lipinski definition) is 1. The van der Waals surface area contributed by atoms with Crippen LogP contribution < -0.4 is 0 Å².